The third-order valence-corrected chi connectivity index (χ3v) is 5.23. The van der Waals surface area contributed by atoms with Crippen molar-refractivity contribution in [2.75, 3.05) is 5.32 Å². The molecular weight excluding hydrogens is 447 g/mol. The quantitative estimate of drug-likeness (QED) is 0.233. The van der Waals surface area contributed by atoms with Crippen LogP contribution in [0.25, 0.3) is 5.69 Å². The summed E-state index contributed by atoms with van der Waals surface area (Å²) < 4.78 is 21.7. The van der Waals surface area contributed by atoms with Gasteiger partial charge in [-0.1, -0.05) is 30.3 Å². The van der Waals surface area contributed by atoms with Crippen molar-refractivity contribution in [3.05, 3.63) is 108 Å². The van der Waals surface area contributed by atoms with Crippen LogP contribution in [-0.2, 0) is 9.59 Å². The van der Waals surface area contributed by atoms with E-state index in [0.717, 1.165) is 11.4 Å². The summed E-state index contributed by atoms with van der Waals surface area (Å²) in [6.07, 6.45) is 1.42. The number of carbonyl (C=O) groups excluding carboxylic acids is 2. The molecule has 1 heterocycles. The molecule has 0 bridgehead atoms. The Kier molecular flexibility index (Phi) is 7.02. The van der Waals surface area contributed by atoms with Gasteiger partial charge in [0.05, 0.1) is 11.9 Å². The van der Waals surface area contributed by atoms with Gasteiger partial charge in [-0.15, -0.1) is 0 Å². The molecule has 0 saturated heterocycles. The van der Waals surface area contributed by atoms with E-state index in [9.17, 15) is 14.0 Å². The minimum absolute atomic E-state index is 0.345. The fraction of sp³-hybridized carbons (Fsp3) is 0.0741. The fourth-order valence-electron chi connectivity index (χ4n) is 3.55. The van der Waals surface area contributed by atoms with Crippen molar-refractivity contribution in [2.45, 2.75) is 13.8 Å². The Morgan fingerprint density at radius 2 is 1.54 bits per heavy atom. The molecule has 0 aliphatic heterocycles. The second-order valence-corrected chi connectivity index (χ2v) is 7.71. The summed E-state index contributed by atoms with van der Waals surface area (Å²) in [4.78, 5) is 24.4. The average Bonchev–Trinajstić information content (AvgIpc) is 3.14. The van der Waals surface area contributed by atoms with Gasteiger partial charge in [0.25, 0.3) is 0 Å². The lowest BCUT2D eigenvalue weighted by Gasteiger charge is -2.10. The molecule has 35 heavy (non-hydrogen) atoms. The smallest absolute Gasteiger partial charge is 0.329 e. The highest BCUT2D eigenvalue weighted by Gasteiger charge is 2.15. The molecule has 0 fully saturated rings. The summed E-state index contributed by atoms with van der Waals surface area (Å²) in [5.74, 6) is -0.848. The van der Waals surface area contributed by atoms with Gasteiger partial charge in [0.2, 0.25) is 0 Å². The van der Waals surface area contributed by atoms with Crippen LogP contribution in [0.3, 0.4) is 0 Å². The van der Waals surface area contributed by atoms with Crippen molar-refractivity contribution >= 4 is 23.7 Å². The van der Waals surface area contributed by atoms with Crippen molar-refractivity contribution in [3.8, 4) is 17.2 Å². The van der Waals surface area contributed by atoms with Gasteiger partial charge in [-0.05, 0) is 68.4 Å². The number of aromatic nitrogens is 1. The van der Waals surface area contributed by atoms with E-state index in [-0.39, 0.29) is 5.82 Å². The number of halogens is 1. The zero-order chi connectivity index (χ0) is 24.8. The number of ether oxygens (including phenoxy) is 1. The Morgan fingerprint density at radius 1 is 0.886 bits per heavy atom. The monoisotopic (exact) mass is 470 g/mol. The molecule has 0 spiro atoms. The van der Waals surface area contributed by atoms with Gasteiger partial charge < -0.3 is 14.6 Å². The summed E-state index contributed by atoms with van der Waals surface area (Å²) >= 11 is 0. The lowest BCUT2D eigenvalue weighted by atomic mass is 10.2. The number of aryl methyl sites for hydroxylation is 1. The molecule has 176 valence electrons. The Hall–Kier alpha value is -4.72. The van der Waals surface area contributed by atoms with Gasteiger partial charge in [0.1, 0.15) is 17.3 Å². The SMILES string of the molecule is Cc1cc(/C=N\NC(=O)C(=O)Nc2ccc(Oc3ccccc3)cc2)c(C)n1-c1ccccc1F. The van der Waals surface area contributed by atoms with Crippen LogP contribution in [-0.4, -0.2) is 22.6 Å². The van der Waals surface area contributed by atoms with Crippen LogP contribution in [0.1, 0.15) is 17.0 Å². The highest BCUT2D eigenvalue weighted by atomic mass is 19.1. The molecule has 1 aromatic heterocycles. The Balaban J connectivity index is 1.35. The molecule has 7 nitrogen and oxygen atoms in total. The van der Waals surface area contributed by atoms with Gasteiger partial charge in [0.15, 0.2) is 0 Å². The molecule has 2 N–H and O–H groups in total. The minimum Gasteiger partial charge on any atom is -0.457 e. The van der Waals surface area contributed by atoms with E-state index in [2.05, 4.69) is 15.8 Å². The van der Waals surface area contributed by atoms with Crippen LogP contribution < -0.4 is 15.5 Å². The first-order chi connectivity index (χ1) is 16.9. The third kappa shape index (κ3) is 5.62. The Labute approximate surface area is 201 Å². The van der Waals surface area contributed by atoms with Crippen LogP contribution >= 0.6 is 0 Å². The summed E-state index contributed by atoms with van der Waals surface area (Å²) in [5.41, 5.74) is 5.30. The lowest BCUT2D eigenvalue weighted by molar-refractivity contribution is -0.136. The van der Waals surface area contributed by atoms with Crippen LogP contribution in [0.15, 0.2) is 90.0 Å². The average molecular weight is 471 g/mol. The molecule has 4 rings (SSSR count). The number of para-hydroxylation sites is 2. The number of nitrogens with zero attached hydrogens (tertiary/aromatic N) is 2. The van der Waals surface area contributed by atoms with E-state index >= 15 is 0 Å². The number of benzene rings is 3. The van der Waals surface area contributed by atoms with E-state index in [4.69, 9.17) is 4.74 Å². The number of amides is 2. The zero-order valence-electron chi connectivity index (χ0n) is 19.2. The first-order valence-corrected chi connectivity index (χ1v) is 10.8. The van der Waals surface area contributed by atoms with Crippen LogP contribution in [0.4, 0.5) is 10.1 Å². The van der Waals surface area contributed by atoms with Crippen molar-refractivity contribution < 1.29 is 18.7 Å². The normalized spacial score (nSPS) is 10.8. The van der Waals surface area contributed by atoms with Crippen molar-refractivity contribution in [2.24, 2.45) is 5.10 Å². The largest absolute Gasteiger partial charge is 0.457 e. The van der Waals surface area contributed by atoms with Crippen molar-refractivity contribution in [1.29, 1.82) is 0 Å². The second-order valence-electron chi connectivity index (χ2n) is 7.71. The van der Waals surface area contributed by atoms with Gasteiger partial charge in [0, 0.05) is 22.6 Å². The number of anilines is 1. The van der Waals surface area contributed by atoms with Crippen molar-refractivity contribution in [3.63, 3.8) is 0 Å². The fourth-order valence-corrected chi connectivity index (χ4v) is 3.55. The highest BCUT2D eigenvalue weighted by Crippen LogP contribution is 2.23. The molecule has 3 aromatic carbocycles. The van der Waals surface area contributed by atoms with Gasteiger partial charge in [-0.2, -0.15) is 5.10 Å². The van der Waals surface area contributed by atoms with Gasteiger partial charge in [-0.3, -0.25) is 9.59 Å². The molecule has 8 heteroatoms. The van der Waals surface area contributed by atoms with Crippen LogP contribution in [0, 0.1) is 19.7 Å². The number of hydrogen-bond acceptors (Lipinski definition) is 4. The first-order valence-electron chi connectivity index (χ1n) is 10.8. The Bertz CT molecular complexity index is 1380. The standard InChI is InChI=1S/C27H23FN4O3/c1-18-16-20(19(2)32(18)25-11-7-6-10-24(25)28)17-29-31-27(34)26(33)30-21-12-14-23(15-13-21)35-22-8-4-3-5-9-22/h3-17H,1-2H3,(H,30,33)(H,31,34)/b29-17-. The molecule has 0 aliphatic carbocycles. The molecule has 0 unspecified atom stereocenters. The zero-order valence-corrected chi connectivity index (χ0v) is 19.2. The topological polar surface area (TPSA) is 84.7 Å². The predicted molar refractivity (Wildman–Crippen MR) is 133 cm³/mol. The van der Waals surface area contributed by atoms with E-state index in [1.54, 1.807) is 47.0 Å². The molecule has 0 aliphatic rings. The number of nitrogens with one attached hydrogen (secondary N) is 2. The maximum absolute atomic E-state index is 14.2. The summed E-state index contributed by atoms with van der Waals surface area (Å²) in [6, 6.07) is 24.2. The van der Waals surface area contributed by atoms with E-state index in [1.807, 2.05) is 50.2 Å². The molecule has 0 atom stereocenters. The summed E-state index contributed by atoms with van der Waals surface area (Å²) in [5, 5.41) is 6.39. The number of carbonyl (C=O) groups is 2. The Morgan fingerprint density at radius 3 is 2.26 bits per heavy atom. The maximum atomic E-state index is 14.2. The van der Waals surface area contributed by atoms with Crippen molar-refractivity contribution in [1.82, 2.24) is 9.99 Å². The highest BCUT2D eigenvalue weighted by molar-refractivity contribution is 6.39. The number of hydrogen-bond donors (Lipinski definition) is 2. The van der Waals surface area contributed by atoms with E-state index in [0.29, 0.717) is 28.4 Å². The first kappa shape index (κ1) is 23.4. The van der Waals surface area contributed by atoms with E-state index in [1.165, 1.54) is 12.3 Å². The van der Waals surface area contributed by atoms with Gasteiger partial charge >= 0.3 is 11.8 Å². The van der Waals surface area contributed by atoms with Gasteiger partial charge in [-0.25, -0.2) is 9.82 Å². The second kappa shape index (κ2) is 10.5. The summed E-state index contributed by atoms with van der Waals surface area (Å²) in [6.45, 7) is 3.67. The lowest BCUT2D eigenvalue weighted by Crippen LogP contribution is -2.32. The summed E-state index contributed by atoms with van der Waals surface area (Å²) in [7, 11) is 0. The molecule has 0 radical (unpaired) electrons. The molecule has 0 saturated carbocycles. The number of hydrazone groups is 1. The van der Waals surface area contributed by atoms with Crippen LogP contribution in [0.5, 0.6) is 11.5 Å². The molecule has 2 amide bonds. The predicted octanol–water partition coefficient (Wildman–Crippen LogP) is 5.11. The third-order valence-electron chi connectivity index (χ3n) is 5.23. The molecule has 4 aromatic rings. The van der Waals surface area contributed by atoms with E-state index < -0.39 is 11.8 Å². The van der Waals surface area contributed by atoms with Crippen LogP contribution in [0.2, 0.25) is 0 Å². The number of rotatable bonds is 6. The maximum Gasteiger partial charge on any atom is 0.329 e. The minimum atomic E-state index is -0.922. The molecular formula is C27H23FN4O3.